The highest BCUT2D eigenvalue weighted by molar-refractivity contribution is 5.26. The summed E-state index contributed by atoms with van der Waals surface area (Å²) in [6.07, 6.45) is 6.07. The van der Waals surface area contributed by atoms with Crippen LogP contribution in [0.4, 0.5) is 0 Å². The number of fused-ring (bicyclic) bond motifs is 1. The maximum absolute atomic E-state index is 10.5. The van der Waals surface area contributed by atoms with Crippen molar-refractivity contribution in [1.29, 1.82) is 0 Å². The Kier molecular flexibility index (Phi) is 4.11. The van der Waals surface area contributed by atoms with Crippen LogP contribution in [-0.2, 0) is 19.4 Å². The number of hydrogen-bond donors (Lipinski definition) is 1. The summed E-state index contributed by atoms with van der Waals surface area (Å²) in [5, 5.41) is 10.5. The third-order valence-corrected chi connectivity index (χ3v) is 4.47. The van der Waals surface area contributed by atoms with Gasteiger partial charge in [0.05, 0.1) is 24.7 Å². The number of benzene rings is 1. The molecule has 0 amide bonds. The summed E-state index contributed by atoms with van der Waals surface area (Å²) in [7, 11) is 0. The van der Waals surface area contributed by atoms with E-state index in [9.17, 15) is 5.11 Å². The highest BCUT2D eigenvalue weighted by Gasteiger charge is 2.17. The van der Waals surface area contributed by atoms with Crippen molar-refractivity contribution in [2.75, 3.05) is 0 Å². The van der Waals surface area contributed by atoms with Crippen LogP contribution in [-0.4, -0.2) is 14.7 Å². The summed E-state index contributed by atoms with van der Waals surface area (Å²) >= 11 is 0. The molecule has 1 aliphatic rings. The van der Waals surface area contributed by atoms with E-state index < -0.39 is 6.10 Å². The zero-order valence-electron chi connectivity index (χ0n) is 12.9. The third-order valence-electron chi connectivity index (χ3n) is 4.47. The fraction of sp³-hybridized carbons (Fsp3) is 0.500. The second-order valence-electron chi connectivity index (χ2n) is 6.33. The molecule has 2 aromatic rings. The van der Waals surface area contributed by atoms with Crippen LogP contribution >= 0.6 is 0 Å². The van der Waals surface area contributed by atoms with Crippen molar-refractivity contribution < 1.29 is 5.11 Å². The molecule has 0 aliphatic heterocycles. The smallest absolute Gasteiger partial charge is 0.0969 e. The first-order valence-electron chi connectivity index (χ1n) is 7.96. The molecule has 1 unspecified atom stereocenters. The van der Waals surface area contributed by atoms with Crippen molar-refractivity contribution in [3.05, 3.63) is 53.1 Å². The minimum atomic E-state index is -0.466. The molecule has 0 bridgehead atoms. The summed E-state index contributed by atoms with van der Waals surface area (Å²) in [5.41, 5.74) is 4.84. The van der Waals surface area contributed by atoms with Crippen molar-refractivity contribution in [3.8, 4) is 0 Å². The van der Waals surface area contributed by atoms with Crippen molar-refractivity contribution in [2.45, 2.75) is 58.1 Å². The average Bonchev–Trinajstić information content (AvgIpc) is 2.91. The first-order valence-corrected chi connectivity index (χ1v) is 7.96. The van der Waals surface area contributed by atoms with E-state index in [2.05, 4.69) is 35.5 Å². The first kappa shape index (κ1) is 14.3. The van der Waals surface area contributed by atoms with Gasteiger partial charge in [-0.2, -0.15) is 0 Å². The minimum absolute atomic E-state index is 0.466. The molecular formula is C18H24N2O. The Labute approximate surface area is 126 Å². The van der Waals surface area contributed by atoms with Crippen LogP contribution < -0.4 is 0 Å². The molecule has 3 nitrogen and oxygen atoms in total. The number of imidazole rings is 1. The van der Waals surface area contributed by atoms with E-state index >= 15 is 0 Å². The molecular weight excluding hydrogens is 260 g/mol. The lowest BCUT2D eigenvalue weighted by Crippen LogP contribution is -2.13. The summed E-state index contributed by atoms with van der Waals surface area (Å²) < 4.78 is 2.13. The molecule has 1 aromatic carbocycles. The second-order valence-corrected chi connectivity index (χ2v) is 6.33. The van der Waals surface area contributed by atoms with Crippen LogP contribution in [0.3, 0.4) is 0 Å². The van der Waals surface area contributed by atoms with Crippen molar-refractivity contribution in [2.24, 2.45) is 0 Å². The maximum atomic E-state index is 10.5. The van der Waals surface area contributed by atoms with E-state index in [4.69, 9.17) is 0 Å². The normalized spacial score (nSPS) is 16.0. The first-order chi connectivity index (χ1) is 10.1. The number of aliphatic hydroxyl groups excluding tert-OH is 1. The van der Waals surface area contributed by atoms with Crippen LogP contribution in [0.2, 0.25) is 0 Å². The summed E-state index contributed by atoms with van der Waals surface area (Å²) in [4.78, 5) is 4.49. The van der Waals surface area contributed by atoms with Gasteiger partial charge < -0.3 is 9.67 Å². The van der Waals surface area contributed by atoms with Crippen LogP contribution in [0.5, 0.6) is 0 Å². The van der Waals surface area contributed by atoms with Crippen molar-refractivity contribution in [3.63, 3.8) is 0 Å². The van der Waals surface area contributed by atoms with E-state index in [1.54, 1.807) is 0 Å². The van der Waals surface area contributed by atoms with Crippen molar-refractivity contribution >= 4 is 0 Å². The quantitative estimate of drug-likeness (QED) is 0.931. The number of rotatable bonds is 4. The predicted molar refractivity (Wildman–Crippen MR) is 84.4 cm³/mol. The molecule has 0 saturated carbocycles. The molecule has 0 spiro atoms. The van der Waals surface area contributed by atoms with Gasteiger partial charge in [0.2, 0.25) is 0 Å². The fourth-order valence-corrected chi connectivity index (χ4v) is 3.08. The van der Waals surface area contributed by atoms with Crippen LogP contribution in [0.1, 0.15) is 61.2 Å². The zero-order chi connectivity index (χ0) is 14.8. The maximum Gasteiger partial charge on any atom is 0.0969 e. The standard InChI is InChI=1S/C18H24N2O/c1-13(2)14-7-9-15(10-8-14)18(21)11-20-12-19-16-5-3-4-6-17(16)20/h7-10,12-13,18,21H,3-6,11H2,1-2H3. The lowest BCUT2D eigenvalue weighted by molar-refractivity contribution is 0.155. The second kappa shape index (κ2) is 6.02. The van der Waals surface area contributed by atoms with Gasteiger partial charge in [0, 0.05) is 5.69 Å². The van der Waals surface area contributed by atoms with Gasteiger partial charge in [-0.3, -0.25) is 0 Å². The molecule has 3 heteroatoms. The zero-order valence-corrected chi connectivity index (χ0v) is 12.9. The van der Waals surface area contributed by atoms with Gasteiger partial charge in [-0.25, -0.2) is 4.98 Å². The molecule has 0 fully saturated rings. The minimum Gasteiger partial charge on any atom is -0.387 e. The third kappa shape index (κ3) is 3.03. The van der Waals surface area contributed by atoms with Crippen LogP contribution in [0, 0.1) is 0 Å². The molecule has 1 atom stereocenters. The SMILES string of the molecule is CC(C)c1ccc(C(O)Cn2cnc3c2CCCC3)cc1. The Balaban J connectivity index is 1.74. The Morgan fingerprint density at radius 3 is 2.48 bits per heavy atom. The highest BCUT2D eigenvalue weighted by Crippen LogP contribution is 2.24. The van der Waals surface area contributed by atoms with Gasteiger partial charge >= 0.3 is 0 Å². The average molecular weight is 284 g/mol. The lowest BCUT2D eigenvalue weighted by Gasteiger charge is -2.17. The molecule has 21 heavy (non-hydrogen) atoms. The largest absolute Gasteiger partial charge is 0.387 e. The van der Waals surface area contributed by atoms with Gasteiger partial charge in [-0.1, -0.05) is 38.1 Å². The number of aliphatic hydroxyl groups is 1. The number of nitrogens with zero attached hydrogens (tertiary/aromatic N) is 2. The summed E-state index contributed by atoms with van der Waals surface area (Å²) in [5.74, 6) is 0.525. The van der Waals surface area contributed by atoms with E-state index in [-0.39, 0.29) is 0 Å². The van der Waals surface area contributed by atoms with Crippen LogP contribution in [0.25, 0.3) is 0 Å². The lowest BCUT2D eigenvalue weighted by atomic mass is 9.99. The number of aromatic nitrogens is 2. The number of aryl methyl sites for hydroxylation is 1. The van der Waals surface area contributed by atoms with Crippen LogP contribution in [0.15, 0.2) is 30.6 Å². The summed E-state index contributed by atoms with van der Waals surface area (Å²) in [6, 6.07) is 8.33. The van der Waals surface area contributed by atoms with Crippen molar-refractivity contribution in [1.82, 2.24) is 9.55 Å². The molecule has 1 N–H and O–H groups in total. The molecule has 0 radical (unpaired) electrons. The Bertz CT molecular complexity index is 598. The molecule has 3 rings (SSSR count). The molecule has 1 aliphatic carbocycles. The monoisotopic (exact) mass is 284 g/mol. The van der Waals surface area contributed by atoms with Gasteiger partial charge in [-0.05, 0) is 42.7 Å². The van der Waals surface area contributed by atoms with Gasteiger partial charge in [0.1, 0.15) is 0 Å². The fourth-order valence-electron chi connectivity index (χ4n) is 3.08. The van der Waals surface area contributed by atoms with E-state index in [1.807, 2.05) is 18.5 Å². The van der Waals surface area contributed by atoms with E-state index in [1.165, 1.54) is 29.8 Å². The number of hydrogen-bond acceptors (Lipinski definition) is 2. The summed E-state index contributed by atoms with van der Waals surface area (Å²) in [6.45, 7) is 4.97. The molecule has 0 saturated heterocycles. The Morgan fingerprint density at radius 2 is 1.76 bits per heavy atom. The molecule has 112 valence electrons. The van der Waals surface area contributed by atoms with E-state index in [0.29, 0.717) is 12.5 Å². The Hall–Kier alpha value is -1.61. The van der Waals surface area contributed by atoms with E-state index in [0.717, 1.165) is 18.4 Å². The van der Waals surface area contributed by atoms with Gasteiger partial charge in [0.25, 0.3) is 0 Å². The van der Waals surface area contributed by atoms with Gasteiger partial charge in [0.15, 0.2) is 0 Å². The highest BCUT2D eigenvalue weighted by atomic mass is 16.3. The van der Waals surface area contributed by atoms with Gasteiger partial charge in [-0.15, -0.1) is 0 Å². The topological polar surface area (TPSA) is 38.0 Å². The molecule has 1 heterocycles. The molecule has 1 aromatic heterocycles. The predicted octanol–water partition coefficient (Wildman–Crippen LogP) is 3.62. The Morgan fingerprint density at radius 1 is 1.10 bits per heavy atom.